The van der Waals surface area contributed by atoms with Crippen LogP contribution in [0.5, 0.6) is 0 Å². The lowest BCUT2D eigenvalue weighted by atomic mass is 10.00. The first-order valence-electron chi connectivity index (χ1n) is 8.11. The number of rotatable bonds is 3. The van der Waals surface area contributed by atoms with Crippen LogP contribution in [0.25, 0.3) is 0 Å². The summed E-state index contributed by atoms with van der Waals surface area (Å²) >= 11 is 6.08. The van der Waals surface area contributed by atoms with Crippen LogP contribution in [0.15, 0.2) is 35.2 Å². The first-order chi connectivity index (χ1) is 11.9. The number of nitrogens with zero attached hydrogens (tertiary/aromatic N) is 1. The summed E-state index contributed by atoms with van der Waals surface area (Å²) in [5, 5.41) is 0.512. The van der Waals surface area contributed by atoms with Crippen LogP contribution in [0.3, 0.4) is 0 Å². The predicted octanol–water partition coefficient (Wildman–Crippen LogP) is 3.28. The van der Waals surface area contributed by atoms with Crippen molar-refractivity contribution in [3.63, 3.8) is 0 Å². The van der Waals surface area contributed by atoms with Gasteiger partial charge in [-0.2, -0.15) is 0 Å². The van der Waals surface area contributed by atoms with Crippen LogP contribution in [0.4, 0.5) is 11.4 Å². The fourth-order valence-electron chi connectivity index (χ4n) is 3.50. The van der Waals surface area contributed by atoms with E-state index in [0.29, 0.717) is 42.1 Å². The minimum atomic E-state index is -3.73. The van der Waals surface area contributed by atoms with Gasteiger partial charge in [0.25, 0.3) is 10.0 Å². The predicted molar refractivity (Wildman–Crippen MR) is 97.8 cm³/mol. The molecule has 7 heteroatoms. The molecule has 1 N–H and O–H groups in total. The molecule has 25 heavy (non-hydrogen) atoms. The molecule has 0 aliphatic carbocycles. The van der Waals surface area contributed by atoms with Gasteiger partial charge in [-0.1, -0.05) is 17.7 Å². The maximum Gasteiger partial charge on any atom is 0.261 e. The molecule has 2 heterocycles. The van der Waals surface area contributed by atoms with E-state index in [-0.39, 0.29) is 10.8 Å². The second-order valence-corrected chi connectivity index (χ2v) is 8.49. The van der Waals surface area contributed by atoms with Crippen LogP contribution in [-0.4, -0.2) is 20.9 Å². The maximum absolute atomic E-state index is 12.9. The third-order valence-corrected chi connectivity index (χ3v) is 6.60. The van der Waals surface area contributed by atoms with Crippen molar-refractivity contribution in [3.05, 3.63) is 52.0 Å². The highest BCUT2D eigenvalue weighted by Crippen LogP contribution is 2.38. The van der Waals surface area contributed by atoms with Crippen molar-refractivity contribution in [2.24, 2.45) is 0 Å². The number of nitrogens with one attached hydrogen (secondary N) is 1. The molecule has 2 aromatic rings. The van der Waals surface area contributed by atoms with Gasteiger partial charge >= 0.3 is 0 Å². The second kappa shape index (κ2) is 5.75. The molecule has 0 atom stereocenters. The third kappa shape index (κ3) is 2.69. The fourth-order valence-corrected chi connectivity index (χ4v) is 4.90. The van der Waals surface area contributed by atoms with Gasteiger partial charge in [0.15, 0.2) is 0 Å². The van der Waals surface area contributed by atoms with Gasteiger partial charge in [0.05, 0.1) is 16.3 Å². The Kier molecular flexibility index (Phi) is 3.77. The molecule has 130 valence electrons. The highest BCUT2D eigenvalue weighted by Gasteiger charge is 2.33. The largest absolute Gasteiger partial charge is 0.312 e. The number of hydrogen-bond donors (Lipinski definition) is 1. The van der Waals surface area contributed by atoms with Gasteiger partial charge in [0.1, 0.15) is 0 Å². The highest BCUT2D eigenvalue weighted by atomic mass is 35.5. The summed E-state index contributed by atoms with van der Waals surface area (Å²) in [5.74, 6) is 0.120. The van der Waals surface area contributed by atoms with Crippen molar-refractivity contribution in [3.8, 4) is 0 Å². The van der Waals surface area contributed by atoms with E-state index in [9.17, 15) is 13.2 Å². The minimum absolute atomic E-state index is 0.120. The van der Waals surface area contributed by atoms with E-state index in [1.165, 1.54) is 0 Å². The van der Waals surface area contributed by atoms with Crippen molar-refractivity contribution in [2.45, 2.75) is 31.1 Å². The SMILES string of the molecule is Cc1c(Cl)cccc1NS(=O)(=O)c1cc2c3c(c1)CCN3C(=O)CC2. The zero-order valence-corrected chi connectivity index (χ0v) is 15.2. The highest BCUT2D eigenvalue weighted by molar-refractivity contribution is 7.92. The smallest absolute Gasteiger partial charge is 0.261 e. The summed E-state index contributed by atoms with van der Waals surface area (Å²) in [6, 6.07) is 8.49. The molecule has 2 aliphatic rings. The van der Waals surface area contributed by atoms with Crippen LogP contribution in [0, 0.1) is 6.92 Å². The van der Waals surface area contributed by atoms with Gasteiger partial charge < -0.3 is 4.90 Å². The van der Waals surface area contributed by atoms with E-state index in [0.717, 1.165) is 16.8 Å². The van der Waals surface area contributed by atoms with Gasteiger partial charge in [0, 0.05) is 18.0 Å². The van der Waals surface area contributed by atoms with Crippen molar-refractivity contribution >= 4 is 38.9 Å². The van der Waals surface area contributed by atoms with Crippen LogP contribution in [0.2, 0.25) is 5.02 Å². The second-order valence-electron chi connectivity index (χ2n) is 6.40. The number of aryl methyl sites for hydroxylation is 1. The quantitative estimate of drug-likeness (QED) is 0.893. The lowest BCUT2D eigenvalue weighted by Gasteiger charge is -2.25. The Morgan fingerprint density at radius 1 is 1.12 bits per heavy atom. The number of sulfonamides is 1. The van der Waals surface area contributed by atoms with E-state index >= 15 is 0 Å². The Morgan fingerprint density at radius 3 is 2.60 bits per heavy atom. The molecule has 4 rings (SSSR count). The minimum Gasteiger partial charge on any atom is -0.312 e. The molecule has 1 amide bonds. The van der Waals surface area contributed by atoms with E-state index < -0.39 is 10.0 Å². The van der Waals surface area contributed by atoms with Crippen LogP contribution >= 0.6 is 11.6 Å². The van der Waals surface area contributed by atoms with Crippen LogP contribution in [0.1, 0.15) is 23.1 Å². The normalized spacial score (nSPS) is 16.1. The Labute approximate surface area is 151 Å². The van der Waals surface area contributed by atoms with Crippen molar-refractivity contribution < 1.29 is 13.2 Å². The van der Waals surface area contributed by atoms with Gasteiger partial charge in [-0.25, -0.2) is 8.42 Å². The molecule has 2 aliphatic heterocycles. The fraction of sp³-hybridized carbons (Fsp3) is 0.278. The summed E-state index contributed by atoms with van der Waals surface area (Å²) < 4.78 is 28.4. The number of benzene rings is 2. The van der Waals surface area contributed by atoms with Crippen LogP contribution in [-0.2, 0) is 27.7 Å². The van der Waals surface area contributed by atoms with E-state index in [1.54, 1.807) is 42.2 Å². The van der Waals surface area contributed by atoms with E-state index in [1.807, 2.05) is 0 Å². The van der Waals surface area contributed by atoms with Crippen molar-refractivity contribution in [1.29, 1.82) is 0 Å². The summed E-state index contributed by atoms with van der Waals surface area (Å²) in [4.78, 5) is 14.0. The Hall–Kier alpha value is -2.05. The van der Waals surface area contributed by atoms with Gasteiger partial charge in [0.2, 0.25) is 5.91 Å². The Bertz CT molecular complexity index is 1000. The average Bonchev–Trinajstić information content (AvgIpc) is 3.00. The molecule has 0 bridgehead atoms. The topological polar surface area (TPSA) is 66.5 Å². The Balaban J connectivity index is 1.75. The van der Waals surface area contributed by atoms with Gasteiger partial charge in [-0.3, -0.25) is 9.52 Å². The first kappa shape index (κ1) is 16.4. The zero-order valence-electron chi connectivity index (χ0n) is 13.7. The standard InChI is InChI=1S/C18H17ClN2O3S/c1-11-15(19)3-2-4-16(11)20-25(23,24)14-9-12-5-6-17(22)21-8-7-13(10-14)18(12)21/h2-4,9-10,20H,5-8H2,1H3. The third-order valence-electron chi connectivity index (χ3n) is 4.85. The maximum atomic E-state index is 12.9. The summed E-state index contributed by atoms with van der Waals surface area (Å²) in [7, 11) is -3.73. The molecule has 0 spiro atoms. The zero-order chi connectivity index (χ0) is 17.8. The lowest BCUT2D eigenvalue weighted by Crippen LogP contribution is -2.33. The number of carbonyl (C=O) groups is 1. The van der Waals surface area contributed by atoms with E-state index in [4.69, 9.17) is 11.6 Å². The summed E-state index contributed by atoms with van der Waals surface area (Å²) in [6.45, 7) is 2.40. The molecule has 5 nitrogen and oxygen atoms in total. The molecule has 0 saturated carbocycles. The number of carbonyl (C=O) groups excluding carboxylic acids is 1. The van der Waals surface area contributed by atoms with Crippen LogP contribution < -0.4 is 9.62 Å². The Morgan fingerprint density at radius 2 is 1.84 bits per heavy atom. The molecule has 2 aromatic carbocycles. The van der Waals surface area contributed by atoms with E-state index in [2.05, 4.69) is 4.72 Å². The first-order valence-corrected chi connectivity index (χ1v) is 9.97. The lowest BCUT2D eigenvalue weighted by molar-refractivity contribution is -0.118. The molecule has 0 fully saturated rings. The number of halogens is 1. The number of hydrogen-bond acceptors (Lipinski definition) is 3. The summed E-state index contributed by atoms with van der Waals surface area (Å²) in [6.07, 6.45) is 1.70. The number of anilines is 2. The average molecular weight is 377 g/mol. The monoisotopic (exact) mass is 376 g/mol. The molecule has 0 radical (unpaired) electrons. The molecule has 0 saturated heterocycles. The van der Waals surface area contributed by atoms with Gasteiger partial charge in [-0.15, -0.1) is 0 Å². The number of amides is 1. The van der Waals surface area contributed by atoms with Crippen molar-refractivity contribution in [1.82, 2.24) is 0 Å². The summed E-state index contributed by atoms with van der Waals surface area (Å²) in [5.41, 5.74) is 3.92. The van der Waals surface area contributed by atoms with Gasteiger partial charge in [-0.05, 0) is 60.7 Å². The molecular formula is C18H17ClN2O3S. The molecule has 0 unspecified atom stereocenters. The molecule has 0 aromatic heterocycles. The molecular weight excluding hydrogens is 360 g/mol. The van der Waals surface area contributed by atoms with Crippen molar-refractivity contribution in [2.75, 3.05) is 16.2 Å².